The second-order valence-corrected chi connectivity index (χ2v) is 10.1. The van der Waals surface area contributed by atoms with Gasteiger partial charge in [0.25, 0.3) is 0 Å². The normalized spacial score (nSPS) is 25.6. The summed E-state index contributed by atoms with van der Waals surface area (Å²) in [6, 6.07) is 0.693. The molecule has 0 bridgehead atoms. The molecule has 3 heterocycles. The topological polar surface area (TPSA) is 26.8 Å². The van der Waals surface area contributed by atoms with Crippen molar-refractivity contribution in [2.24, 2.45) is 23.7 Å². The smallest absolute Gasteiger partial charge is 0.225 e. The van der Waals surface area contributed by atoms with Crippen molar-refractivity contribution in [3.05, 3.63) is 0 Å². The predicted octanol–water partition coefficient (Wildman–Crippen LogP) is 3.71. The highest BCUT2D eigenvalue weighted by Crippen LogP contribution is 2.28. The van der Waals surface area contributed by atoms with Gasteiger partial charge in [-0.1, -0.05) is 13.8 Å². The van der Waals surface area contributed by atoms with Crippen molar-refractivity contribution in [1.82, 2.24) is 14.7 Å². The van der Waals surface area contributed by atoms with Gasteiger partial charge in [-0.3, -0.25) is 4.79 Å². The van der Waals surface area contributed by atoms with E-state index in [2.05, 4.69) is 42.4 Å². The monoisotopic (exact) mass is 377 g/mol. The molecular weight excluding hydrogens is 334 g/mol. The highest BCUT2D eigenvalue weighted by atomic mass is 16.2. The van der Waals surface area contributed by atoms with Gasteiger partial charge in [-0.25, -0.2) is 0 Å². The van der Waals surface area contributed by atoms with Gasteiger partial charge in [-0.05, 0) is 96.3 Å². The standard InChI is InChI=1S/C23H43N3O/c1-18(2)21-9-15-26(16-10-21)23(27)22-7-11-24(12-8-22)17-20-5-13-25(14-6-20)19(3)4/h18-22H,5-17H2,1-4H3. The third-order valence-corrected chi connectivity index (χ3v) is 7.63. The van der Waals surface area contributed by atoms with Crippen LogP contribution in [0.25, 0.3) is 0 Å². The first kappa shape index (κ1) is 21.1. The fourth-order valence-electron chi connectivity index (χ4n) is 5.42. The second-order valence-electron chi connectivity index (χ2n) is 10.1. The summed E-state index contributed by atoms with van der Waals surface area (Å²) in [5, 5.41) is 0. The Labute approximate surface area is 167 Å². The molecule has 0 N–H and O–H groups in total. The van der Waals surface area contributed by atoms with Crippen LogP contribution in [0.5, 0.6) is 0 Å². The molecule has 0 saturated carbocycles. The van der Waals surface area contributed by atoms with Crippen LogP contribution < -0.4 is 0 Å². The summed E-state index contributed by atoms with van der Waals surface area (Å²) in [5.41, 5.74) is 0. The maximum atomic E-state index is 12.9. The molecule has 0 atom stereocenters. The summed E-state index contributed by atoms with van der Waals surface area (Å²) in [5.74, 6) is 3.19. The van der Waals surface area contributed by atoms with E-state index < -0.39 is 0 Å². The molecule has 3 aliphatic heterocycles. The molecule has 3 fully saturated rings. The molecule has 0 aromatic carbocycles. The summed E-state index contributed by atoms with van der Waals surface area (Å²) in [6.07, 6.45) is 7.26. The summed E-state index contributed by atoms with van der Waals surface area (Å²) in [4.78, 5) is 20.4. The lowest BCUT2D eigenvalue weighted by Gasteiger charge is -2.40. The average molecular weight is 378 g/mol. The van der Waals surface area contributed by atoms with Crippen LogP contribution in [-0.2, 0) is 4.79 Å². The van der Waals surface area contributed by atoms with Crippen molar-refractivity contribution in [1.29, 1.82) is 0 Å². The first-order valence-corrected chi connectivity index (χ1v) is 11.7. The Kier molecular flexibility index (Phi) is 7.61. The van der Waals surface area contributed by atoms with Crippen LogP contribution in [0.2, 0.25) is 0 Å². The fraction of sp³-hybridized carbons (Fsp3) is 0.957. The Morgan fingerprint density at radius 2 is 1.41 bits per heavy atom. The Morgan fingerprint density at radius 1 is 0.815 bits per heavy atom. The van der Waals surface area contributed by atoms with Gasteiger partial charge >= 0.3 is 0 Å². The molecule has 0 spiro atoms. The zero-order chi connectivity index (χ0) is 19.4. The minimum absolute atomic E-state index is 0.291. The molecule has 27 heavy (non-hydrogen) atoms. The van der Waals surface area contributed by atoms with E-state index >= 15 is 0 Å². The molecule has 3 saturated heterocycles. The summed E-state index contributed by atoms with van der Waals surface area (Å²) >= 11 is 0. The lowest BCUT2D eigenvalue weighted by molar-refractivity contribution is -0.138. The van der Waals surface area contributed by atoms with Crippen LogP contribution in [-0.4, -0.2) is 72.5 Å². The average Bonchev–Trinajstić information content (AvgIpc) is 2.68. The molecule has 0 aliphatic carbocycles. The molecular formula is C23H43N3O. The van der Waals surface area contributed by atoms with E-state index in [0.717, 1.165) is 56.8 Å². The van der Waals surface area contributed by atoms with Crippen LogP contribution >= 0.6 is 0 Å². The number of hydrogen-bond acceptors (Lipinski definition) is 3. The third kappa shape index (κ3) is 5.69. The number of carbonyl (C=O) groups is 1. The van der Waals surface area contributed by atoms with Crippen molar-refractivity contribution >= 4 is 5.91 Å². The summed E-state index contributed by atoms with van der Waals surface area (Å²) < 4.78 is 0. The number of nitrogens with zero attached hydrogens (tertiary/aromatic N) is 3. The number of piperidine rings is 3. The van der Waals surface area contributed by atoms with E-state index in [1.165, 1.54) is 45.3 Å². The van der Waals surface area contributed by atoms with E-state index in [0.29, 0.717) is 17.9 Å². The highest BCUT2D eigenvalue weighted by Gasteiger charge is 2.32. The molecule has 0 aromatic rings. The molecule has 3 aliphatic rings. The van der Waals surface area contributed by atoms with E-state index in [1.54, 1.807) is 0 Å². The minimum Gasteiger partial charge on any atom is -0.342 e. The summed E-state index contributed by atoms with van der Waals surface area (Å²) in [6.45, 7) is 17.3. The Hall–Kier alpha value is -0.610. The van der Waals surface area contributed by atoms with Gasteiger partial charge in [0, 0.05) is 31.6 Å². The zero-order valence-electron chi connectivity index (χ0n) is 18.3. The van der Waals surface area contributed by atoms with Crippen LogP contribution in [0.1, 0.15) is 66.2 Å². The Bertz CT molecular complexity index is 454. The second kappa shape index (κ2) is 9.73. The van der Waals surface area contributed by atoms with E-state index in [-0.39, 0.29) is 0 Å². The van der Waals surface area contributed by atoms with Crippen molar-refractivity contribution in [3.63, 3.8) is 0 Å². The van der Waals surface area contributed by atoms with Gasteiger partial charge in [0.1, 0.15) is 0 Å². The quantitative estimate of drug-likeness (QED) is 0.731. The zero-order valence-corrected chi connectivity index (χ0v) is 18.3. The minimum atomic E-state index is 0.291. The van der Waals surface area contributed by atoms with Crippen molar-refractivity contribution in [2.45, 2.75) is 72.3 Å². The third-order valence-electron chi connectivity index (χ3n) is 7.63. The van der Waals surface area contributed by atoms with E-state index in [9.17, 15) is 4.79 Å². The molecule has 0 radical (unpaired) electrons. The lowest BCUT2D eigenvalue weighted by atomic mass is 9.85. The molecule has 4 nitrogen and oxygen atoms in total. The lowest BCUT2D eigenvalue weighted by Crippen LogP contribution is -2.47. The molecule has 4 heteroatoms. The van der Waals surface area contributed by atoms with Gasteiger partial charge in [0.2, 0.25) is 5.91 Å². The van der Waals surface area contributed by atoms with Gasteiger partial charge in [-0.15, -0.1) is 0 Å². The number of likely N-dealkylation sites (tertiary alicyclic amines) is 3. The van der Waals surface area contributed by atoms with Crippen LogP contribution in [0.3, 0.4) is 0 Å². The maximum Gasteiger partial charge on any atom is 0.225 e. The number of rotatable bonds is 5. The SMILES string of the molecule is CC(C)C1CCN(C(=O)C2CCN(CC3CCN(C(C)C)CC3)CC2)CC1. The highest BCUT2D eigenvalue weighted by molar-refractivity contribution is 5.79. The first-order chi connectivity index (χ1) is 12.9. The van der Waals surface area contributed by atoms with Crippen LogP contribution in [0, 0.1) is 23.7 Å². The van der Waals surface area contributed by atoms with Crippen molar-refractivity contribution < 1.29 is 4.79 Å². The predicted molar refractivity (Wildman–Crippen MR) is 113 cm³/mol. The molecule has 3 rings (SSSR count). The maximum absolute atomic E-state index is 12.9. The Balaban J connectivity index is 1.36. The molecule has 1 amide bonds. The van der Waals surface area contributed by atoms with E-state index in [1.807, 2.05) is 0 Å². The first-order valence-electron chi connectivity index (χ1n) is 11.7. The number of hydrogen-bond donors (Lipinski definition) is 0. The van der Waals surface area contributed by atoms with Gasteiger partial charge in [0.15, 0.2) is 0 Å². The van der Waals surface area contributed by atoms with Crippen LogP contribution in [0.15, 0.2) is 0 Å². The molecule has 156 valence electrons. The van der Waals surface area contributed by atoms with Gasteiger partial charge < -0.3 is 14.7 Å². The van der Waals surface area contributed by atoms with Crippen LogP contribution in [0.4, 0.5) is 0 Å². The van der Waals surface area contributed by atoms with Crippen molar-refractivity contribution in [3.8, 4) is 0 Å². The number of carbonyl (C=O) groups excluding carboxylic acids is 1. The molecule has 0 unspecified atom stereocenters. The largest absolute Gasteiger partial charge is 0.342 e. The van der Waals surface area contributed by atoms with Crippen molar-refractivity contribution in [2.75, 3.05) is 45.8 Å². The summed E-state index contributed by atoms with van der Waals surface area (Å²) in [7, 11) is 0. The number of amides is 1. The van der Waals surface area contributed by atoms with E-state index in [4.69, 9.17) is 0 Å². The van der Waals surface area contributed by atoms with Gasteiger partial charge in [0.05, 0.1) is 0 Å². The Morgan fingerprint density at radius 3 is 1.93 bits per heavy atom. The molecule has 0 aromatic heterocycles. The fourth-order valence-corrected chi connectivity index (χ4v) is 5.42. The van der Waals surface area contributed by atoms with Gasteiger partial charge in [-0.2, -0.15) is 0 Å².